The number of carbonyl (C=O) groups excluding carboxylic acids is 1. The molecule has 0 spiro atoms. The number of rotatable bonds is 2. The summed E-state index contributed by atoms with van der Waals surface area (Å²) in [6.45, 7) is 3.09. The van der Waals surface area contributed by atoms with E-state index in [9.17, 15) is 4.79 Å². The fourth-order valence-electron chi connectivity index (χ4n) is 2.01. The van der Waals surface area contributed by atoms with Gasteiger partial charge in [-0.15, -0.1) is 0 Å². The first-order valence-electron chi connectivity index (χ1n) is 5.90. The zero-order valence-corrected chi connectivity index (χ0v) is 10.3. The van der Waals surface area contributed by atoms with Gasteiger partial charge >= 0.3 is 5.97 Å². The third kappa shape index (κ3) is 2.49. The molecule has 90 valence electrons. The Morgan fingerprint density at radius 1 is 1.41 bits per heavy atom. The molecule has 1 aliphatic rings. The van der Waals surface area contributed by atoms with Crippen LogP contribution in [0.5, 0.6) is 0 Å². The van der Waals surface area contributed by atoms with Crippen LogP contribution in [0.3, 0.4) is 0 Å². The van der Waals surface area contributed by atoms with Gasteiger partial charge in [-0.25, -0.2) is 4.79 Å². The maximum absolute atomic E-state index is 11.8. The van der Waals surface area contributed by atoms with Crippen molar-refractivity contribution in [2.75, 3.05) is 25.1 Å². The molecule has 17 heavy (non-hydrogen) atoms. The number of anilines is 1. The van der Waals surface area contributed by atoms with E-state index in [2.05, 4.69) is 11.0 Å². The summed E-state index contributed by atoms with van der Waals surface area (Å²) in [4.78, 5) is 13.9. The van der Waals surface area contributed by atoms with E-state index in [1.165, 1.54) is 0 Å². The molecule has 0 unspecified atom stereocenters. The number of nitrogens with zero attached hydrogens (tertiary/aromatic N) is 1. The fraction of sp³-hybridized carbons (Fsp3) is 0.357. The van der Waals surface area contributed by atoms with Gasteiger partial charge in [-0.2, -0.15) is 0 Å². The van der Waals surface area contributed by atoms with Gasteiger partial charge in [0.25, 0.3) is 0 Å². The minimum atomic E-state index is -0.197. The SMILES string of the molecule is CCOC(=O)C1=Cc2ccccc2N(C)CC1. The molecule has 0 aliphatic carbocycles. The van der Waals surface area contributed by atoms with Crippen molar-refractivity contribution in [1.82, 2.24) is 0 Å². The van der Waals surface area contributed by atoms with Crippen LogP contribution in [0, 0.1) is 0 Å². The van der Waals surface area contributed by atoms with Gasteiger partial charge in [-0.05, 0) is 31.1 Å². The maximum Gasteiger partial charge on any atom is 0.334 e. The number of hydrogen-bond acceptors (Lipinski definition) is 3. The van der Waals surface area contributed by atoms with E-state index in [0.717, 1.165) is 29.8 Å². The van der Waals surface area contributed by atoms with E-state index in [0.29, 0.717) is 6.61 Å². The average molecular weight is 231 g/mol. The first-order valence-corrected chi connectivity index (χ1v) is 5.90. The number of esters is 1. The Bertz CT molecular complexity index is 451. The lowest BCUT2D eigenvalue weighted by Gasteiger charge is -2.18. The number of carbonyl (C=O) groups is 1. The van der Waals surface area contributed by atoms with Crippen molar-refractivity contribution in [3.05, 3.63) is 35.4 Å². The second-order valence-corrected chi connectivity index (χ2v) is 4.12. The van der Waals surface area contributed by atoms with Crippen LogP contribution in [0.25, 0.3) is 6.08 Å². The Labute approximate surface area is 102 Å². The monoisotopic (exact) mass is 231 g/mol. The van der Waals surface area contributed by atoms with Gasteiger partial charge in [-0.1, -0.05) is 18.2 Å². The first kappa shape index (κ1) is 11.7. The van der Waals surface area contributed by atoms with Crippen molar-refractivity contribution >= 4 is 17.7 Å². The quantitative estimate of drug-likeness (QED) is 0.732. The summed E-state index contributed by atoms with van der Waals surface area (Å²) in [6, 6.07) is 8.09. The summed E-state index contributed by atoms with van der Waals surface area (Å²) in [6.07, 6.45) is 2.67. The van der Waals surface area contributed by atoms with E-state index >= 15 is 0 Å². The maximum atomic E-state index is 11.8. The molecular weight excluding hydrogens is 214 g/mol. The van der Waals surface area contributed by atoms with Gasteiger partial charge in [0.05, 0.1) is 6.61 Å². The second kappa shape index (κ2) is 5.04. The molecule has 1 aromatic carbocycles. The lowest BCUT2D eigenvalue weighted by Crippen LogP contribution is -2.19. The molecule has 1 heterocycles. The van der Waals surface area contributed by atoms with Gasteiger partial charge in [0, 0.05) is 24.9 Å². The highest BCUT2D eigenvalue weighted by Gasteiger charge is 2.17. The molecule has 1 aliphatic heterocycles. The van der Waals surface area contributed by atoms with Crippen LogP contribution >= 0.6 is 0 Å². The molecule has 3 nitrogen and oxygen atoms in total. The normalized spacial score (nSPS) is 14.7. The van der Waals surface area contributed by atoms with Gasteiger partial charge in [0.2, 0.25) is 0 Å². The van der Waals surface area contributed by atoms with Gasteiger partial charge in [0.1, 0.15) is 0 Å². The van der Waals surface area contributed by atoms with Crippen molar-refractivity contribution in [2.45, 2.75) is 13.3 Å². The van der Waals surface area contributed by atoms with E-state index in [1.54, 1.807) is 0 Å². The first-order chi connectivity index (χ1) is 8.22. The summed E-state index contributed by atoms with van der Waals surface area (Å²) < 4.78 is 5.06. The van der Waals surface area contributed by atoms with Crippen LogP contribution in [0.1, 0.15) is 18.9 Å². The molecule has 3 heteroatoms. The predicted molar refractivity (Wildman–Crippen MR) is 68.9 cm³/mol. The second-order valence-electron chi connectivity index (χ2n) is 4.12. The van der Waals surface area contributed by atoms with E-state index in [4.69, 9.17) is 4.74 Å². The van der Waals surface area contributed by atoms with Crippen molar-refractivity contribution in [3.63, 3.8) is 0 Å². The standard InChI is InChI=1S/C14H17NO2/c1-3-17-14(16)12-8-9-15(2)13-7-5-4-6-11(13)10-12/h4-7,10H,3,8-9H2,1-2H3. The minimum Gasteiger partial charge on any atom is -0.463 e. The highest BCUT2D eigenvalue weighted by Crippen LogP contribution is 2.26. The van der Waals surface area contributed by atoms with Crippen molar-refractivity contribution in [1.29, 1.82) is 0 Å². The minimum absolute atomic E-state index is 0.197. The summed E-state index contributed by atoms with van der Waals surface area (Å²) >= 11 is 0. The zero-order valence-electron chi connectivity index (χ0n) is 10.3. The smallest absolute Gasteiger partial charge is 0.334 e. The number of hydrogen-bond donors (Lipinski definition) is 0. The molecule has 0 bridgehead atoms. The Morgan fingerprint density at radius 3 is 2.94 bits per heavy atom. The molecule has 0 amide bonds. The number of fused-ring (bicyclic) bond motifs is 1. The predicted octanol–water partition coefficient (Wildman–Crippen LogP) is 2.47. The molecule has 0 saturated heterocycles. The molecule has 0 aromatic heterocycles. The molecule has 0 fully saturated rings. The van der Waals surface area contributed by atoms with Crippen LogP contribution in [0.15, 0.2) is 29.8 Å². The molecular formula is C14H17NO2. The zero-order chi connectivity index (χ0) is 12.3. The summed E-state index contributed by atoms with van der Waals surface area (Å²) in [7, 11) is 2.04. The highest BCUT2D eigenvalue weighted by atomic mass is 16.5. The van der Waals surface area contributed by atoms with Crippen molar-refractivity contribution in [3.8, 4) is 0 Å². The lowest BCUT2D eigenvalue weighted by atomic mass is 10.1. The van der Waals surface area contributed by atoms with Crippen LogP contribution in [-0.4, -0.2) is 26.2 Å². The molecule has 2 rings (SSSR count). The highest BCUT2D eigenvalue weighted by molar-refractivity contribution is 5.95. The Hall–Kier alpha value is -1.77. The van der Waals surface area contributed by atoms with Gasteiger partial charge in [0.15, 0.2) is 0 Å². The largest absolute Gasteiger partial charge is 0.463 e. The molecule has 0 saturated carbocycles. The third-order valence-corrected chi connectivity index (χ3v) is 2.93. The van der Waals surface area contributed by atoms with Crippen LogP contribution in [0.4, 0.5) is 5.69 Å². The number of para-hydroxylation sites is 1. The van der Waals surface area contributed by atoms with Crippen LogP contribution < -0.4 is 4.90 Å². The molecule has 0 N–H and O–H groups in total. The molecule has 0 atom stereocenters. The van der Waals surface area contributed by atoms with Gasteiger partial charge < -0.3 is 9.64 Å². The Balaban J connectivity index is 2.34. The van der Waals surface area contributed by atoms with Crippen LogP contribution in [-0.2, 0) is 9.53 Å². The third-order valence-electron chi connectivity index (χ3n) is 2.93. The molecule has 1 aromatic rings. The topological polar surface area (TPSA) is 29.5 Å². The molecule has 0 radical (unpaired) electrons. The number of benzene rings is 1. The van der Waals surface area contributed by atoms with E-state index < -0.39 is 0 Å². The summed E-state index contributed by atoms with van der Waals surface area (Å²) in [5.41, 5.74) is 2.99. The Morgan fingerprint density at radius 2 is 2.18 bits per heavy atom. The summed E-state index contributed by atoms with van der Waals surface area (Å²) in [5, 5.41) is 0. The Kier molecular flexibility index (Phi) is 3.47. The van der Waals surface area contributed by atoms with E-state index in [-0.39, 0.29) is 5.97 Å². The lowest BCUT2D eigenvalue weighted by molar-refractivity contribution is -0.138. The van der Waals surface area contributed by atoms with Crippen LogP contribution in [0.2, 0.25) is 0 Å². The summed E-state index contributed by atoms with van der Waals surface area (Å²) in [5.74, 6) is -0.197. The average Bonchev–Trinajstić information content (AvgIpc) is 2.50. The van der Waals surface area contributed by atoms with E-state index in [1.807, 2.05) is 38.2 Å². The van der Waals surface area contributed by atoms with Crippen molar-refractivity contribution < 1.29 is 9.53 Å². The van der Waals surface area contributed by atoms with Crippen molar-refractivity contribution in [2.24, 2.45) is 0 Å². The number of ether oxygens (including phenoxy) is 1. The van der Waals surface area contributed by atoms with Gasteiger partial charge in [-0.3, -0.25) is 0 Å². The fourth-order valence-corrected chi connectivity index (χ4v) is 2.01.